The van der Waals surface area contributed by atoms with Crippen molar-refractivity contribution in [1.29, 1.82) is 0 Å². The lowest BCUT2D eigenvalue weighted by atomic mass is 9.87. The zero-order valence-corrected chi connectivity index (χ0v) is 3.78. The highest BCUT2D eigenvalue weighted by atomic mass is 14.3. The molecule has 0 atom stereocenters. The lowest BCUT2D eigenvalue weighted by Gasteiger charge is -2.17. The summed E-state index contributed by atoms with van der Waals surface area (Å²) < 4.78 is 0. The van der Waals surface area contributed by atoms with E-state index in [9.17, 15) is 0 Å². The van der Waals surface area contributed by atoms with Crippen LogP contribution in [0.2, 0.25) is 0 Å². The fourth-order valence-corrected chi connectivity index (χ4v) is 1.35. The van der Waals surface area contributed by atoms with E-state index in [4.69, 9.17) is 0 Å². The van der Waals surface area contributed by atoms with Gasteiger partial charge in [-0.15, -0.1) is 0 Å². The second kappa shape index (κ2) is 0.699. The smallest absolute Gasteiger partial charge is 0.0286 e. The van der Waals surface area contributed by atoms with Crippen molar-refractivity contribution in [3.05, 3.63) is 11.6 Å². The molecule has 0 aromatic rings. The highest BCUT2D eigenvalue weighted by molar-refractivity contribution is 5.20. The molecule has 0 heterocycles. The normalized spacial score (nSPS) is 29.7. The molecule has 3 aliphatic rings. The molecule has 3 aliphatic carbocycles. The van der Waals surface area contributed by atoms with Gasteiger partial charge in [0.15, 0.2) is 0 Å². The maximum atomic E-state index is 2.39. The third-order valence-electron chi connectivity index (χ3n) is 1.84. The van der Waals surface area contributed by atoms with Crippen LogP contribution >= 0.6 is 0 Å². The molecule has 32 valence electrons. The molecule has 2 bridgehead atoms. The predicted octanol–water partition coefficient (Wildman–Crippen LogP) is 1.73. The van der Waals surface area contributed by atoms with E-state index in [0.717, 1.165) is 5.92 Å². The first-order chi connectivity index (χ1) is 2.95. The van der Waals surface area contributed by atoms with Crippen molar-refractivity contribution in [2.45, 2.75) is 19.3 Å². The lowest BCUT2D eigenvalue weighted by Crippen LogP contribution is -2.04. The van der Waals surface area contributed by atoms with Gasteiger partial charge in [0.1, 0.15) is 0 Å². The first-order valence-electron chi connectivity index (χ1n) is 2.63. The molecule has 1 fully saturated rings. The van der Waals surface area contributed by atoms with Crippen LogP contribution in [0.1, 0.15) is 19.3 Å². The van der Waals surface area contributed by atoms with Crippen molar-refractivity contribution in [1.82, 2.24) is 0 Å². The monoisotopic (exact) mass is 80.1 g/mol. The molecule has 0 spiro atoms. The van der Waals surface area contributed by atoms with Crippen LogP contribution in [0.25, 0.3) is 0 Å². The molecular formula is C6H8. The van der Waals surface area contributed by atoms with Gasteiger partial charge in [0.05, 0.1) is 0 Å². The van der Waals surface area contributed by atoms with Crippen molar-refractivity contribution in [2.75, 3.05) is 0 Å². The summed E-state index contributed by atoms with van der Waals surface area (Å²) in [5.41, 5.74) is 1.72. The van der Waals surface area contributed by atoms with Crippen LogP contribution in [-0.2, 0) is 0 Å². The third-order valence-corrected chi connectivity index (χ3v) is 1.84. The Kier molecular flexibility index (Phi) is 0.331. The molecule has 1 saturated carbocycles. The molecule has 0 amide bonds. The fraction of sp³-hybridized carbons (Fsp3) is 0.667. The number of allylic oxidation sites excluding steroid dienone is 2. The van der Waals surface area contributed by atoms with Crippen LogP contribution in [0, 0.1) is 5.92 Å². The quantitative estimate of drug-likeness (QED) is 0.389. The molecule has 0 saturated heterocycles. The molecule has 0 radical (unpaired) electrons. The second-order valence-electron chi connectivity index (χ2n) is 2.37. The number of hydrogen-bond donors (Lipinski definition) is 0. The van der Waals surface area contributed by atoms with E-state index in [2.05, 4.69) is 6.08 Å². The largest absolute Gasteiger partial charge is 0.0850 e. The summed E-state index contributed by atoms with van der Waals surface area (Å²) in [5.74, 6) is 1.10. The second-order valence-corrected chi connectivity index (χ2v) is 2.37. The number of hydrogen-bond acceptors (Lipinski definition) is 0. The Labute approximate surface area is 37.9 Å². The highest BCUT2D eigenvalue weighted by Gasteiger charge is 2.27. The maximum Gasteiger partial charge on any atom is -0.0286 e. The van der Waals surface area contributed by atoms with E-state index in [1.54, 1.807) is 5.57 Å². The van der Waals surface area contributed by atoms with Crippen molar-refractivity contribution >= 4 is 0 Å². The third kappa shape index (κ3) is 0.173. The van der Waals surface area contributed by atoms with E-state index >= 15 is 0 Å². The standard InChI is InChI=1S/C6H8/c1-2-6-3-5(1)4-6/h1,6H,2-4H2. The zero-order valence-electron chi connectivity index (χ0n) is 3.78. The Morgan fingerprint density at radius 1 is 1.50 bits per heavy atom. The van der Waals surface area contributed by atoms with Gasteiger partial charge in [0, 0.05) is 0 Å². The van der Waals surface area contributed by atoms with Gasteiger partial charge in [-0.2, -0.15) is 0 Å². The van der Waals surface area contributed by atoms with Gasteiger partial charge in [-0.25, -0.2) is 0 Å². The van der Waals surface area contributed by atoms with E-state index in [0.29, 0.717) is 0 Å². The Balaban J connectivity index is 2.37. The highest BCUT2D eigenvalue weighted by Crippen LogP contribution is 2.42. The fourth-order valence-electron chi connectivity index (χ4n) is 1.35. The van der Waals surface area contributed by atoms with Crippen molar-refractivity contribution in [2.24, 2.45) is 5.92 Å². The molecule has 6 heavy (non-hydrogen) atoms. The van der Waals surface area contributed by atoms with Crippen molar-refractivity contribution in [3.63, 3.8) is 0 Å². The minimum absolute atomic E-state index is 1.10. The summed E-state index contributed by atoms with van der Waals surface area (Å²) in [6.07, 6.45) is 6.68. The molecule has 0 N–H and O–H groups in total. The topological polar surface area (TPSA) is 0 Å². The summed E-state index contributed by atoms with van der Waals surface area (Å²) in [5, 5.41) is 0. The Hall–Kier alpha value is -0.260. The maximum absolute atomic E-state index is 2.39. The molecule has 0 heteroatoms. The summed E-state index contributed by atoms with van der Waals surface area (Å²) in [6, 6.07) is 0. The van der Waals surface area contributed by atoms with Crippen molar-refractivity contribution < 1.29 is 0 Å². The van der Waals surface area contributed by atoms with Crippen LogP contribution in [0.15, 0.2) is 11.6 Å². The van der Waals surface area contributed by atoms with Gasteiger partial charge in [-0.3, -0.25) is 0 Å². The first kappa shape index (κ1) is 2.84. The molecule has 0 aliphatic heterocycles. The predicted molar refractivity (Wildman–Crippen MR) is 25.4 cm³/mol. The number of rotatable bonds is 0. The van der Waals surface area contributed by atoms with Crippen LogP contribution in [0.4, 0.5) is 0 Å². The van der Waals surface area contributed by atoms with Crippen LogP contribution in [0.3, 0.4) is 0 Å². The Bertz CT molecular complexity index is 89.9. The summed E-state index contributed by atoms with van der Waals surface area (Å²) in [6.45, 7) is 0. The van der Waals surface area contributed by atoms with E-state index in [1.165, 1.54) is 19.3 Å². The van der Waals surface area contributed by atoms with Gasteiger partial charge >= 0.3 is 0 Å². The van der Waals surface area contributed by atoms with E-state index in [-0.39, 0.29) is 0 Å². The lowest BCUT2D eigenvalue weighted by molar-refractivity contribution is 0.474. The molecule has 0 nitrogen and oxygen atoms in total. The summed E-state index contributed by atoms with van der Waals surface area (Å²) in [4.78, 5) is 0. The molecule has 0 aromatic heterocycles. The molecule has 0 aromatic carbocycles. The molecule has 0 unspecified atom stereocenters. The summed E-state index contributed by atoms with van der Waals surface area (Å²) in [7, 11) is 0. The van der Waals surface area contributed by atoms with Gasteiger partial charge in [-0.05, 0) is 25.2 Å². The van der Waals surface area contributed by atoms with Crippen molar-refractivity contribution in [3.8, 4) is 0 Å². The molecule has 3 rings (SSSR count). The van der Waals surface area contributed by atoms with Crippen LogP contribution in [0.5, 0.6) is 0 Å². The Morgan fingerprint density at radius 2 is 2.33 bits per heavy atom. The van der Waals surface area contributed by atoms with Crippen LogP contribution < -0.4 is 0 Å². The SMILES string of the molecule is C1=C2CC(C1)C2. The minimum Gasteiger partial charge on any atom is -0.0850 e. The van der Waals surface area contributed by atoms with Gasteiger partial charge in [-0.1, -0.05) is 11.6 Å². The van der Waals surface area contributed by atoms with Gasteiger partial charge < -0.3 is 0 Å². The van der Waals surface area contributed by atoms with Gasteiger partial charge in [0.25, 0.3) is 0 Å². The first-order valence-corrected chi connectivity index (χ1v) is 2.63. The molecular weight excluding hydrogens is 72.1 g/mol. The Morgan fingerprint density at radius 3 is 2.50 bits per heavy atom. The van der Waals surface area contributed by atoms with E-state index in [1.807, 2.05) is 0 Å². The average Bonchev–Trinajstić information content (AvgIpc) is 1.72. The van der Waals surface area contributed by atoms with Crippen LogP contribution in [-0.4, -0.2) is 0 Å². The number of fused-ring (bicyclic) bond motifs is 1. The van der Waals surface area contributed by atoms with Gasteiger partial charge in [0.2, 0.25) is 0 Å². The average molecular weight is 80.1 g/mol. The zero-order chi connectivity index (χ0) is 3.98. The summed E-state index contributed by atoms with van der Waals surface area (Å²) >= 11 is 0. The minimum atomic E-state index is 1.10. The van der Waals surface area contributed by atoms with E-state index < -0.39 is 0 Å².